The van der Waals surface area contributed by atoms with Crippen LogP contribution in [0.5, 0.6) is 0 Å². The summed E-state index contributed by atoms with van der Waals surface area (Å²) in [6.07, 6.45) is 0. The lowest BCUT2D eigenvalue weighted by molar-refractivity contribution is 0.668. The molecular weight excluding hydrogens is 709 g/mol. The van der Waals surface area contributed by atoms with Crippen molar-refractivity contribution in [3.05, 3.63) is 194 Å². The molecule has 0 saturated carbocycles. The number of fused-ring (bicyclic) bond motifs is 9. The van der Waals surface area contributed by atoms with Crippen LogP contribution in [0.25, 0.3) is 116 Å². The molecule has 270 valence electrons. The van der Waals surface area contributed by atoms with Gasteiger partial charge in [0.1, 0.15) is 11.2 Å². The Bertz CT molecular complexity index is 3500. The van der Waals surface area contributed by atoms with E-state index < -0.39 is 0 Å². The van der Waals surface area contributed by atoms with E-state index in [1.54, 1.807) is 0 Å². The minimum absolute atomic E-state index is 0.579. The van der Waals surface area contributed by atoms with Crippen molar-refractivity contribution in [3.8, 4) is 51.0 Å². The molecule has 0 aliphatic heterocycles. The van der Waals surface area contributed by atoms with Crippen LogP contribution in [0.4, 0.5) is 0 Å². The van der Waals surface area contributed by atoms with Crippen LogP contribution < -0.4 is 0 Å². The molecule has 0 fully saturated rings. The maximum Gasteiger partial charge on any atom is 0.164 e. The average Bonchev–Trinajstić information content (AvgIpc) is 3.84. The number of para-hydroxylation sites is 1. The minimum Gasteiger partial charge on any atom is -0.456 e. The number of hydrogen-bond acceptors (Lipinski definition) is 4. The fourth-order valence-corrected chi connectivity index (χ4v) is 8.77. The highest BCUT2D eigenvalue weighted by Gasteiger charge is 2.23. The van der Waals surface area contributed by atoms with Crippen molar-refractivity contribution in [1.82, 2.24) is 19.5 Å². The standard InChI is InChI=1S/C53H32N4O/c1-3-16-35(17-4-1)51-54-52(36-18-5-2-6-19-36)56-53(55-51)45-31-38(32-48-49(45)43-23-11-12-25-47(43)58-48)57-46-29-27-37(40-24-13-20-33-14-7-9-21-39(33)40)30-44(46)42-28-26-34-15-8-10-22-41(34)50(42)57/h1-32H. The number of aromatic nitrogens is 4. The molecule has 3 heterocycles. The third-order valence-corrected chi connectivity index (χ3v) is 11.4. The van der Waals surface area contributed by atoms with Crippen LogP contribution >= 0.6 is 0 Å². The second-order valence-electron chi connectivity index (χ2n) is 14.8. The Morgan fingerprint density at radius 1 is 0.362 bits per heavy atom. The Balaban J connectivity index is 1.18. The van der Waals surface area contributed by atoms with Crippen LogP contribution in [-0.2, 0) is 0 Å². The first-order chi connectivity index (χ1) is 28.7. The summed E-state index contributed by atoms with van der Waals surface area (Å²) in [6.45, 7) is 0. The summed E-state index contributed by atoms with van der Waals surface area (Å²) in [5.41, 5.74) is 9.87. The summed E-state index contributed by atoms with van der Waals surface area (Å²) in [7, 11) is 0. The third kappa shape index (κ3) is 5.07. The van der Waals surface area contributed by atoms with Gasteiger partial charge in [0, 0.05) is 49.7 Å². The van der Waals surface area contributed by atoms with Crippen molar-refractivity contribution < 1.29 is 4.42 Å². The minimum atomic E-state index is 0.579. The Hall–Kier alpha value is -7.89. The van der Waals surface area contributed by atoms with E-state index in [1.807, 2.05) is 72.8 Å². The van der Waals surface area contributed by atoms with E-state index in [1.165, 1.54) is 43.4 Å². The van der Waals surface area contributed by atoms with Gasteiger partial charge >= 0.3 is 0 Å². The highest BCUT2D eigenvalue weighted by molar-refractivity contribution is 6.20. The number of rotatable bonds is 5. The lowest BCUT2D eigenvalue weighted by Gasteiger charge is -2.14. The largest absolute Gasteiger partial charge is 0.456 e. The van der Waals surface area contributed by atoms with E-state index in [0.717, 1.165) is 55.3 Å². The van der Waals surface area contributed by atoms with Gasteiger partial charge in [-0.2, -0.15) is 0 Å². The van der Waals surface area contributed by atoms with Crippen molar-refractivity contribution in [3.63, 3.8) is 0 Å². The summed E-state index contributed by atoms with van der Waals surface area (Å²) in [4.78, 5) is 15.5. The van der Waals surface area contributed by atoms with Crippen molar-refractivity contribution in [1.29, 1.82) is 0 Å². The molecule has 3 aromatic heterocycles. The van der Waals surface area contributed by atoms with Crippen molar-refractivity contribution in [2.45, 2.75) is 0 Å². The zero-order valence-electron chi connectivity index (χ0n) is 31.2. The quantitative estimate of drug-likeness (QED) is 0.176. The number of hydrogen-bond donors (Lipinski definition) is 0. The van der Waals surface area contributed by atoms with Gasteiger partial charge in [0.15, 0.2) is 17.5 Å². The van der Waals surface area contributed by atoms with Gasteiger partial charge in [-0.05, 0) is 51.6 Å². The molecule has 0 radical (unpaired) electrons. The van der Waals surface area contributed by atoms with Gasteiger partial charge in [-0.3, -0.25) is 0 Å². The topological polar surface area (TPSA) is 56.7 Å². The zero-order valence-corrected chi connectivity index (χ0v) is 31.2. The molecule has 5 heteroatoms. The Kier molecular flexibility index (Phi) is 7.16. The molecule has 12 aromatic rings. The molecule has 0 spiro atoms. The fourth-order valence-electron chi connectivity index (χ4n) is 8.77. The molecule has 0 unspecified atom stereocenters. The monoisotopic (exact) mass is 740 g/mol. The van der Waals surface area contributed by atoms with Crippen molar-refractivity contribution in [2.24, 2.45) is 0 Å². The first kappa shape index (κ1) is 32.4. The van der Waals surface area contributed by atoms with Gasteiger partial charge in [0.25, 0.3) is 0 Å². The molecule has 0 N–H and O–H groups in total. The Morgan fingerprint density at radius 2 is 0.983 bits per heavy atom. The van der Waals surface area contributed by atoms with Crippen molar-refractivity contribution >= 4 is 65.3 Å². The maximum atomic E-state index is 6.73. The highest BCUT2D eigenvalue weighted by Crippen LogP contribution is 2.43. The first-order valence-electron chi connectivity index (χ1n) is 19.5. The molecule has 58 heavy (non-hydrogen) atoms. The third-order valence-electron chi connectivity index (χ3n) is 11.4. The average molecular weight is 741 g/mol. The smallest absolute Gasteiger partial charge is 0.164 e. The van der Waals surface area contributed by atoms with E-state index >= 15 is 0 Å². The van der Waals surface area contributed by atoms with E-state index in [0.29, 0.717) is 17.5 Å². The van der Waals surface area contributed by atoms with Gasteiger partial charge < -0.3 is 8.98 Å². The second kappa shape index (κ2) is 12.8. The lowest BCUT2D eigenvalue weighted by atomic mass is 9.97. The summed E-state index contributed by atoms with van der Waals surface area (Å²) in [6, 6.07) is 68.1. The van der Waals surface area contributed by atoms with Crippen LogP contribution in [0.15, 0.2) is 199 Å². The van der Waals surface area contributed by atoms with Gasteiger partial charge in [-0.15, -0.1) is 0 Å². The number of nitrogens with zero attached hydrogens (tertiary/aromatic N) is 4. The van der Waals surface area contributed by atoms with Crippen LogP contribution in [0, 0.1) is 0 Å². The Morgan fingerprint density at radius 3 is 1.74 bits per heavy atom. The molecule has 5 nitrogen and oxygen atoms in total. The van der Waals surface area contributed by atoms with E-state index in [9.17, 15) is 0 Å². The van der Waals surface area contributed by atoms with Crippen LogP contribution in [-0.4, -0.2) is 19.5 Å². The molecule has 0 atom stereocenters. The van der Waals surface area contributed by atoms with Crippen molar-refractivity contribution in [2.75, 3.05) is 0 Å². The predicted molar refractivity (Wildman–Crippen MR) is 238 cm³/mol. The molecule has 0 aliphatic rings. The fraction of sp³-hybridized carbons (Fsp3) is 0. The number of furan rings is 1. The van der Waals surface area contributed by atoms with E-state index in [-0.39, 0.29) is 0 Å². The van der Waals surface area contributed by atoms with Gasteiger partial charge in [-0.1, -0.05) is 164 Å². The molecule has 0 bridgehead atoms. The summed E-state index contributed by atoms with van der Waals surface area (Å²) in [5.74, 6) is 1.80. The molecule has 12 rings (SSSR count). The molecule has 0 aliphatic carbocycles. The first-order valence-corrected chi connectivity index (χ1v) is 19.5. The maximum absolute atomic E-state index is 6.73. The molecule has 9 aromatic carbocycles. The highest BCUT2D eigenvalue weighted by atomic mass is 16.3. The summed E-state index contributed by atoms with van der Waals surface area (Å²) in [5, 5.41) is 9.14. The van der Waals surface area contributed by atoms with Gasteiger partial charge in [0.05, 0.1) is 16.7 Å². The molecule has 0 amide bonds. The van der Waals surface area contributed by atoms with Gasteiger partial charge in [0.2, 0.25) is 0 Å². The molecular formula is C53H32N4O. The second-order valence-corrected chi connectivity index (χ2v) is 14.8. The van der Waals surface area contributed by atoms with Crippen LogP contribution in [0.1, 0.15) is 0 Å². The SMILES string of the molecule is c1ccc(-c2nc(-c3ccccc3)nc(-c3cc(-n4c5ccc(-c6cccc7ccccc67)cc5c5ccc6ccccc6c54)cc4oc5ccccc5c34)n2)cc1. The summed E-state index contributed by atoms with van der Waals surface area (Å²) < 4.78 is 9.12. The number of benzene rings is 9. The van der Waals surface area contributed by atoms with Crippen LogP contribution in [0.2, 0.25) is 0 Å². The normalized spacial score (nSPS) is 11.8. The lowest BCUT2D eigenvalue weighted by Crippen LogP contribution is -2.01. The molecule has 0 saturated heterocycles. The predicted octanol–water partition coefficient (Wildman–Crippen LogP) is 13.8. The van der Waals surface area contributed by atoms with Crippen LogP contribution in [0.3, 0.4) is 0 Å². The van der Waals surface area contributed by atoms with E-state index in [4.69, 9.17) is 19.4 Å². The Labute approximate surface area is 333 Å². The summed E-state index contributed by atoms with van der Waals surface area (Å²) >= 11 is 0. The zero-order chi connectivity index (χ0) is 38.2. The van der Waals surface area contributed by atoms with Gasteiger partial charge in [-0.25, -0.2) is 15.0 Å². The van der Waals surface area contributed by atoms with E-state index in [2.05, 4.69) is 126 Å².